The van der Waals surface area contributed by atoms with Crippen LogP contribution in [-0.4, -0.2) is 22.0 Å². The molecule has 1 atom stereocenters. The maximum atomic E-state index is 11.1. The molecule has 1 N–H and O–H groups in total. The molecule has 90 valence electrons. The third-order valence-electron chi connectivity index (χ3n) is 2.19. The van der Waals surface area contributed by atoms with Crippen molar-refractivity contribution in [3.05, 3.63) is 11.6 Å². The smallest absolute Gasteiger partial charge is 0.254 e. The minimum atomic E-state index is -0.271. The summed E-state index contributed by atoms with van der Waals surface area (Å²) in [5.41, 5.74) is 0.552. The van der Waals surface area contributed by atoms with Crippen LogP contribution in [0.5, 0.6) is 0 Å². The van der Waals surface area contributed by atoms with Crippen LogP contribution in [0.4, 0.5) is 4.70 Å². The van der Waals surface area contributed by atoms with Gasteiger partial charge in [0.1, 0.15) is 0 Å². The number of allylic oxidation sites excluding steroid dienone is 1. The fraction of sp³-hybridized carbons (Fsp3) is 0.444. The van der Waals surface area contributed by atoms with Gasteiger partial charge in [-0.25, -0.2) is 0 Å². The van der Waals surface area contributed by atoms with E-state index in [0.29, 0.717) is 12.0 Å². The van der Waals surface area contributed by atoms with Crippen LogP contribution in [0.3, 0.4) is 0 Å². The van der Waals surface area contributed by atoms with Gasteiger partial charge in [0.15, 0.2) is 0 Å². The predicted octanol–water partition coefficient (Wildman–Crippen LogP) is 1.92. The van der Waals surface area contributed by atoms with Crippen LogP contribution in [0, 0.1) is 5.92 Å². The summed E-state index contributed by atoms with van der Waals surface area (Å²) in [6.45, 7) is 0. The largest absolute Gasteiger partial charge is 0.292 e. The van der Waals surface area contributed by atoms with Gasteiger partial charge in [-0.3, -0.25) is 19.6 Å². The minimum absolute atomic E-state index is 0. The number of fused-ring (bicyclic) bond motifs is 1. The van der Waals surface area contributed by atoms with Crippen LogP contribution in [0.1, 0.15) is 12.8 Å². The van der Waals surface area contributed by atoms with E-state index in [-0.39, 0.29) is 27.8 Å². The Balaban J connectivity index is 0.000000511. The first-order valence-corrected chi connectivity index (χ1v) is 5.79. The molecule has 1 aliphatic heterocycles. The maximum Gasteiger partial charge on any atom is 0.254 e. The number of halogens is 3. The molecule has 1 heterocycles. The van der Waals surface area contributed by atoms with Crippen molar-refractivity contribution in [3.63, 3.8) is 0 Å². The standard InChI is InChI=1S/C8H7NO2S.CH2Cl2.FH/c10-7-5-2-1-4(12)3-6(5)8(11)9-7;2-1-3;/h3,5H,1-2H2,(H,9,10,11);1H2;1H. The van der Waals surface area contributed by atoms with Gasteiger partial charge in [0.25, 0.3) is 5.91 Å². The number of amides is 2. The summed E-state index contributed by atoms with van der Waals surface area (Å²) < 4.78 is 0. The van der Waals surface area contributed by atoms with E-state index in [9.17, 15) is 9.59 Å². The molecule has 16 heavy (non-hydrogen) atoms. The van der Waals surface area contributed by atoms with E-state index >= 15 is 0 Å². The highest BCUT2D eigenvalue weighted by molar-refractivity contribution is 7.80. The zero-order chi connectivity index (χ0) is 11.4. The van der Waals surface area contributed by atoms with Gasteiger partial charge in [0.2, 0.25) is 5.91 Å². The molecule has 2 amide bonds. The summed E-state index contributed by atoms with van der Waals surface area (Å²) >= 11 is 14.5. The molecule has 3 nitrogen and oxygen atoms in total. The van der Waals surface area contributed by atoms with Crippen LogP contribution in [0.2, 0.25) is 0 Å². The van der Waals surface area contributed by atoms with Crippen molar-refractivity contribution in [1.82, 2.24) is 5.32 Å². The van der Waals surface area contributed by atoms with Crippen LogP contribution in [-0.2, 0) is 9.59 Å². The highest BCUT2D eigenvalue weighted by Crippen LogP contribution is 2.27. The lowest BCUT2D eigenvalue weighted by atomic mass is 9.89. The first-order valence-electron chi connectivity index (χ1n) is 4.31. The van der Waals surface area contributed by atoms with Gasteiger partial charge < -0.3 is 0 Å². The second-order valence-electron chi connectivity index (χ2n) is 3.08. The Morgan fingerprint density at radius 3 is 2.56 bits per heavy atom. The number of imide groups is 1. The third kappa shape index (κ3) is 3.50. The Labute approximate surface area is 108 Å². The number of alkyl halides is 2. The monoisotopic (exact) mass is 285 g/mol. The molecular formula is C9H10Cl2FNO2S. The fourth-order valence-electron chi connectivity index (χ4n) is 1.56. The number of carbonyl (C=O) groups is 2. The maximum absolute atomic E-state index is 11.1. The summed E-state index contributed by atoms with van der Waals surface area (Å²) in [5, 5.41) is 2.47. The molecule has 0 aromatic heterocycles. The van der Waals surface area contributed by atoms with E-state index < -0.39 is 0 Å². The number of thiocarbonyl (C=S) groups is 1. The third-order valence-corrected chi connectivity index (χ3v) is 2.51. The lowest BCUT2D eigenvalue weighted by Crippen LogP contribution is -2.22. The summed E-state index contributed by atoms with van der Waals surface area (Å²) in [6.07, 6.45) is 3.08. The Kier molecular flexibility index (Phi) is 6.71. The topological polar surface area (TPSA) is 46.2 Å². The van der Waals surface area contributed by atoms with Gasteiger partial charge in [0.05, 0.1) is 11.3 Å². The predicted molar refractivity (Wildman–Crippen MR) is 65.6 cm³/mol. The van der Waals surface area contributed by atoms with E-state index in [1.807, 2.05) is 0 Å². The van der Waals surface area contributed by atoms with E-state index in [0.717, 1.165) is 11.3 Å². The van der Waals surface area contributed by atoms with E-state index in [4.69, 9.17) is 35.4 Å². The van der Waals surface area contributed by atoms with E-state index in [1.165, 1.54) is 0 Å². The van der Waals surface area contributed by atoms with Crippen molar-refractivity contribution in [2.75, 3.05) is 5.34 Å². The summed E-state index contributed by atoms with van der Waals surface area (Å²) in [7, 11) is 0. The molecule has 0 spiro atoms. The lowest BCUT2D eigenvalue weighted by Gasteiger charge is -2.12. The fourth-order valence-corrected chi connectivity index (χ4v) is 1.80. The second kappa shape index (κ2) is 6.93. The van der Waals surface area contributed by atoms with Gasteiger partial charge in [0, 0.05) is 10.4 Å². The number of rotatable bonds is 0. The number of carbonyl (C=O) groups excluding carboxylic acids is 2. The highest BCUT2D eigenvalue weighted by Gasteiger charge is 2.37. The summed E-state index contributed by atoms with van der Waals surface area (Å²) in [6, 6.07) is 0. The molecule has 0 aromatic rings. The van der Waals surface area contributed by atoms with Crippen LogP contribution >= 0.6 is 35.4 Å². The van der Waals surface area contributed by atoms with Gasteiger partial charge in [-0.2, -0.15) is 0 Å². The first-order chi connectivity index (χ1) is 7.10. The zero-order valence-corrected chi connectivity index (χ0v) is 10.5. The molecule has 1 saturated heterocycles. The molecule has 0 aromatic carbocycles. The normalized spacial score (nSPS) is 22.2. The molecule has 2 aliphatic rings. The zero-order valence-electron chi connectivity index (χ0n) is 8.16. The van der Waals surface area contributed by atoms with Gasteiger partial charge >= 0.3 is 0 Å². The Hall–Kier alpha value is -0.520. The van der Waals surface area contributed by atoms with Gasteiger partial charge in [-0.05, 0) is 18.9 Å². The van der Waals surface area contributed by atoms with E-state index in [1.54, 1.807) is 6.08 Å². The Morgan fingerprint density at radius 1 is 1.44 bits per heavy atom. The number of hydrogen-bond acceptors (Lipinski definition) is 3. The van der Waals surface area contributed by atoms with Crippen molar-refractivity contribution in [2.45, 2.75) is 12.8 Å². The average molecular weight is 286 g/mol. The molecule has 2 rings (SSSR count). The van der Waals surface area contributed by atoms with Crippen molar-refractivity contribution >= 4 is 52.1 Å². The van der Waals surface area contributed by atoms with Crippen LogP contribution < -0.4 is 5.32 Å². The van der Waals surface area contributed by atoms with Crippen molar-refractivity contribution < 1.29 is 14.3 Å². The summed E-state index contributed by atoms with van der Waals surface area (Å²) in [5.74, 6) is -0.676. The second-order valence-corrected chi connectivity index (χ2v) is 4.41. The van der Waals surface area contributed by atoms with E-state index in [2.05, 4.69) is 5.32 Å². The molecule has 0 radical (unpaired) electrons. The van der Waals surface area contributed by atoms with Crippen molar-refractivity contribution in [1.29, 1.82) is 0 Å². The first kappa shape index (κ1) is 15.5. The minimum Gasteiger partial charge on any atom is -0.292 e. The van der Waals surface area contributed by atoms with Crippen molar-refractivity contribution in [2.24, 2.45) is 5.92 Å². The lowest BCUT2D eigenvalue weighted by molar-refractivity contribution is -0.125. The number of nitrogens with one attached hydrogen (secondary N) is 1. The van der Waals surface area contributed by atoms with Crippen LogP contribution in [0.15, 0.2) is 11.6 Å². The molecular weight excluding hydrogens is 276 g/mol. The van der Waals surface area contributed by atoms with Gasteiger partial charge in [-0.1, -0.05) is 12.2 Å². The average Bonchev–Trinajstić information content (AvgIpc) is 2.43. The highest BCUT2D eigenvalue weighted by atomic mass is 35.5. The Bertz CT molecular complexity index is 346. The molecule has 1 fully saturated rings. The summed E-state index contributed by atoms with van der Waals surface area (Å²) in [4.78, 5) is 23.0. The molecule has 1 unspecified atom stereocenters. The number of hydrogen-bond donors (Lipinski definition) is 1. The SMILES string of the molecule is ClCCl.F.O=C1NC(=O)C2CCC(=S)C=C12. The molecule has 0 saturated carbocycles. The Morgan fingerprint density at radius 2 is 2.00 bits per heavy atom. The van der Waals surface area contributed by atoms with Crippen molar-refractivity contribution in [3.8, 4) is 0 Å². The molecule has 0 bridgehead atoms. The van der Waals surface area contributed by atoms with Crippen LogP contribution in [0.25, 0.3) is 0 Å². The molecule has 7 heteroatoms. The quantitative estimate of drug-likeness (QED) is 0.420. The molecule has 1 aliphatic carbocycles. The van der Waals surface area contributed by atoms with Gasteiger partial charge in [-0.15, -0.1) is 23.2 Å².